The molecule has 2 heterocycles. The van der Waals surface area contributed by atoms with Crippen LogP contribution in [0.4, 0.5) is 0 Å². The van der Waals surface area contributed by atoms with Gasteiger partial charge in [0.05, 0.1) is 22.7 Å². The molecule has 1 saturated carbocycles. The Morgan fingerprint density at radius 2 is 2.07 bits per heavy atom. The van der Waals surface area contributed by atoms with Gasteiger partial charge >= 0.3 is 0 Å². The molecule has 0 spiro atoms. The van der Waals surface area contributed by atoms with Gasteiger partial charge in [-0.05, 0) is 44.2 Å². The number of aliphatic hydroxyl groups is 1. The lowest BCUT2D eigenvalue weighted by Crippen LogP contribution is -2.50. The lowest BCUT2D eigenvalue weighted by Gasteiger charge is -2.33. The molecule has 2 bridgehead atoms. The predicted octanol–water partition coefficient (Wildman–Crippen LogP) is 1.87. The summed E-state index contributed by atoms with van der Waals surface area (Å²) in [4.78, 5) is 29.2. The Bertz CT molecular complexity index is 847. The number of phenols is 1. The molecule has 158 valence electrons. The Morgan fingerprint density at radius 3 is 2.69 bits per heavy atom. The molecule has 4 rings (SSSR count). The topological polar surface area (TPSA) is 93.1 Å². The number of piperidine rings is 1. The van der Waals surface area contributed by atoms with Crippen LogP contribution in [0.5, 0.6) is 5.75 Å². The van der Waals surface area contributed by atoms with Crippen LogP contribution < -0.4 is 5.32 Å². The fraction of sp³-hybridized carbons (Fsp3) is 0.600. The van der Waals surface area contributed by atoms with Crippen molar-refractivity contribution in [1.82, 2.24) is 15.1 Å². The van der Waals surface area contributed by atoms with Gasteiger partial charge < -0.3 is 20.4 Å². The molecular formula is C20H25Cl2N3O4. The second kappa shape index (κ2) is 7.61. The van der Waals surface area contributed by atoms with E-state index in [0.29, 0.717) is 32.5 Å². The number of carbonyl (C=O) groups is 2. The second-order valence-electron chi connectivity index (χ2n) is 8.75. The van der Waals surface area contributed by atoms with Gasteiger partial charge in [-0.3, -0.25) is 14.5 Å². The maximum atomic E-state index is 12.7. The molecule has 2 amide bonds. The van der Waals surface area contributed by atoms with Crippen LogP contribution in [0.3, 0.4) is 0 Å². The Hall–Kier alpha value is -1.54. The normalized spacial score (nSPS) is 31.4. The van der Waals surface area contributed by atoms with Gasteiger partial charge in [0.1, 0.15) is 5.75 Å². The fourth-order valence-electron chi connectivity index (χ4n) is 4.88. The van der Waals surface area contributed by atoms with E-state index in [9.17, 15) is 19.8 Å². The first-order valence-electron chi connectivity index (χ1n) is 9.86. The summed E-state index contributed by atoms with van der Waals surface area (Å²) < 4.78 is 0. The monoisotopic (exact) mass is 441 g/mol. The van der Waals surface area contributed by atoms with E-state index in [2.05, 4.69) is 5.32 Å². The zero-order valence-electron chi connectivity index (χ0n) is 16.2. The van der Waals surface area contributed by atoms with Crippen molar-refractivity contribution >= 4 is 35.0 Å². The molecule has 3 N–H and O–H groups in total. The number of benzene rings is 1. The van der Waals surface area contributed by atoms with Crippen molar-refractivity contribution in [1.29, 1.82) is 0 Å². The summed E-state index contributed by atoms with van der Waals surface area (Å²) in [5, 5.41) is 23.4. The van der Waals surface area contributed by atoms with Crippen LogP contribution in [0.15, 0.2) is 12.1 Å². The number of hydrogen-bond acceptors (Lipinski definition) is 5. The lowest BCUT2D eigenvalue weighted by atomic mass is 10.0. The van der Waals surface area contributed by atoms with Crippen LogP contribution in [-0.2, 0) is 4.79 Å². The molecule has 2 aliphatic heterocycles. The summed E-state index contributed by atoms with van der Waals surface area (Å²) in [6.07, 6.45) is 2.23. The number of phenolic OH excluding ortho intramolecular Hbond substituents is 1. The number of halogens is 2. The molecule has 0 unspecified atom stereocenters. The van der Waals surface area contributed by atoms with Crippen molar-refractivity contribution in [2.45, 2.75) is 43.9 Å². The molecule has 29 heavy (non-hydrogen) atoms. The SMILES string of the molecule is C[C@]1(O)CCN(CC(=O)N2C[C@H]3C[C@@H]2C[C@H]3NC(=O)c2cc(Cl)cc(Cl)c2O)C1. The minimum absolute atomic E-state index is 0.0354. The Kier molecular flexibility index (Phi) is 5.44. The zero-order valence-corrected chi connectivity index (χ0v) is 17.7. The van der Waals surface area contributed by atoms with Crippen LogP contribution in [0, 0.1) is 5.92 Å². The van der Waals surface area contributed by atoms with E-state index in [-0.39, 0.29) is 45.3 Å². The highest BCUT2D eigenvalue weighted by molar-refractivity contribution is 6.36. The number of carbonyl (C=O) groups excluding carboxylic acids is 2. The van der Waals surface area contributed by atoms with E-state index in [1.807, 2.05) is 9.80 Å². The van der Waals surface area contributed by atoms with Crippen LogP contribution in [0.2, 0.25) is 10.0 Å². The quantitative estimate of drug-likeness (QED) is 0.662. The molecule has 2 saturated heterocycles. The van der Waals surface area contributed by atoms with Gasteiger partial charge in [0.15, 0.2) is 0 Å². The first-order chi connectivity index (χ1) is 13.6. The number of fused-ring (bicyclic) bond motifs is 2. The summed E-state index contributed by atoms with van der Waals surface area (Å²) in [7, 11) is 0. The molecular weight excluding hydrogens is 417 g/mol. The molecule has 0 aromatic heterocycles. The van der Waals surface area contributed by atoms with Crippen molar-refractivity contribution in [3.8, 4) is 5.75 Å². The number of rotatable bonds is 4. The van der Waals surface area contributed by atoms with E-state index in [4.69, 9.17) is 23.2 Å². The third-order valence-electron chi connectivity index (χ3n) is 6.34. The largest absolute Gasteiger partial charge is 0.506 e. The summed E-state index contributed by atoms with van der Waals surface area (Å²) >= 11 is 11.9. The van der Waals surface area contributed by atoms with E-state index in [1.54, 1.807) is 6.92 Å². The van der Waals surface area contributed by atoms with Gasteiger partial charge in [-0.25, -0.2) is 0 Å². The van der Waals surface area contributed by atoms with Crippen molar-refractivity contribution in [2.75, 3.05) is 26.2 Å². The highest BCUT2D eigenvalue weighted by Crippen LogP contribution is 2.39. The molecule has 1 aromatic carbocycles. The molecule has 3 aliphatic rings. The van der Waals surface area contributed by atoms with Crippen LogP contribution >= 0.6 is 23.2 Å². The van der Waals surface area contributed by atoms with Gasteiger partial charge in [-0.15, -0.1) is 0 Å². The smallest absolute Gasteiger partial charge is 0.255 e. The summed E-state index contributed by atoms with van der Waals surface area (Å²) in [6, 6.07) is 2.83. The van der Waals surface area contributed by atoms with Gasteiger partial charge in [0, 0.05) is 36.7 Å². The van der Waals surface area contributed by atoms with E-state index >= 15 is 0 Å². The molecule has 1 aliphatic carbocycles. The van der Waals surface area contributed by atoms with E-state index < -0.39 is 11.5 Å². The Balaban J connectivity index is 1.34. The van der Waals surface area contributed by atoms with Crippen LogP contribution in [-0.4, -0.2) is 75.7 Å². The van der Waals surface area contributed by atoms with Crippen molar-refractivity contribution < 1.29 is 19.8 Å². The van der Waals surface area contributed by atoms with Gasteiger partial charge in [-0.1, -0.05) is 23.2 Å². The average molecular weight is 442 g/mol. The first kappa shape index (κ1) is 20.7. The molecule has 1 aromatic rings. The van der Waals surface area contributed by atoms with E-state index in [0.717, 1.165) is 13.0 Å². The second-order valence-corrected chi connectivity index (χ2v) is 9.60. The van der Waals surface area contributed by atoms with Crippen LogP contribution in [0.25, 0.3) is 0 Å². The number of hydrogen-bond donors (Lipinski definition) is 3. The predicted molar refractivity (Wildman–Crippen MR) is 109 cm³/mol. The first-order valence-corrected chi connectivity index (χ1v) is 10.6. The Labute approximate surface area is 179 Å². The van der Waals surface area contributed by atoms with Gasteiger partial charge in [0.2, 0.25) is 5.91 Å². The van der Waals surface area contributed by atoms with Gasteiger partial charge in [0.25, 0.3) is 5.91 Å². The highest BCUT2D eigenvalue weighted by atomic mass is 35.5. The third-order valence-corrected chi connectivity index (χ3v) is 6.85. The zero-order chi connectivity index (χ0) is 20.9. The number of likely N-dealkylation sites (tertiary alicyclic amines) is 2. The lowest BCUT2D eigenvalue weighted by molar-refractivity contribution is -0.134. The third kappa shape index (κ3) is 4.19. The van der Waals surface area contributed by atoms with Crippen molar-refractivity contribution in [3.05, 3.63) is 27.7 Å². The Morgan fingerprint density at radius 1 is 1.31 bits per heavy atom. The minimum Gasteiger partial charge on any atom is -0.506 e. The number of β-amino-alcohol motifs (C(OH)–C–C–N with tert-alkyl or cyclic N) is 1. The maximum Gasteiger partial charge on any atom is 0.255 e. The summed E-state index contributed by atoms with van der Waals surface area (Å²) in [6.45, 7) is 3.98. The average Bonchev–Trinajstić information content (AvgIpc) is 3.31. The molecule has 3 fully saturated rings. The molecule has 4 atom stereocenters. The van der Waals surface area contributed by atoms with Crippen molar-refractivity contribution in [3.63, 3.8) is 0 Å². The number of aromatic hydroxyl groups is 1. The standard InChI is InChI=1S/C20H25Cl2N3O4/c1-20(29)2-3-24(10-20)9-17(26)25-8-11-4-13(25)7-16(11)23-19(28)14-5-12(21)6-15(22)18(14)27/h5-6,11,13,16,27,29H,2-4,7-10H2,1H3,(H,23,28)/t11-,13-,16-,20+/m1/s1. The maximum absolute atomic E-state index is 12.7. The number of amides is 2. The summed E-state index contributed by atoms with van der Waals surface area (Å²) in [5.41, 5.74) is -0.659. The number of nitrogens with zero attached hydrogens (tertiary/aromatic N) is 2. The molecule has 7 nitrogen and oxygen atoms in total. The van der Waals surface area contributed by atoms with Gasteiger partial charge in [-0.2, -0.15) is 0 Å². The minimum atomic E-state index is -0.714. The number of nitrogens with one attached hydrogen (secondary N) is 1. The van der Waals surface area contributed by atoms with Crippen molar-refractivity contribution in [2.24, 2.45) is 5.92 Å². The summed E-state index contributed by atoms with van der Waals surface area (Å²) in [5.74, 6) is -0.428. The highest BCUT2D eigenvalue weighted by Gasteiger charge is 2.47. The molecule has 9 heteroatoms. The molecule has 0 radical (unpaired) electrons. The fourth-order valence-corrected chi connectivity index (χ4v) is 5.37. The van der Waals surface area contributed by atoms with Crippen LogP contribution in [0.1, 0.15) is 36.5 Å². The van der Waals surface area contributed by atoms with E-state index in [1.165, 1.54) is 12.1 Å².